The van der Waals surface area contributed by atoms with Crippen molar-refractivity contribution in [2.75, 3.05) is 57.5 Å². The average molecular weight is 434 g/mol. The van der Waals surface area contributed by atoms with Crippen molar-refractivity contribution in [2.45, 2.75) is 23.7 Å². The van der Waals surface area contributed by atoms with Gasteiger partial charge in [0.2, 0.25) is 5.95 Å². The Balaban J connectivity index is 1.55. The van der Waals surface area contributed by atoms with E-state index in [2.05, 4.69) is 21.8 Å². The second kappa shape index (κ2) is 8.35. The number of hydrogen-bond donors (Lipinski definition) is 0. The van der Waals surface area contributed by atoms with E-state index < -0.39 is 9.84 Å². The summed E-state index contributed by atoms with van der Waals surface area (Å²) in [6.07, 6.45) is 5.42. The van der Waals surface area contributed by atoms with Crippen LogP contribution in [0.2, 0.25) is 0 Å². The highest BCUT2D eigenvalue weighted by Gasteiger charge is 2.31. The fourth-order valence-corrected chi connectivity index (χ4v) is 4.86. The van der Waals surface area contributed by atoms with Gasteiger partial charge in [-0.25, -0.2) is 18.4 Å². The number of likely N-dealkylation sites (N-methyl/N-ethyl adjacent to an activating group) is 1. The number of piperidine rings is 1. The van der Waals surface area contributed by atoms with Gasteiger partial charge in [0.1, 0.15) is 4.90 Å². The molecule has 2 aliphatic heterocycles. The van der Waals surface area contributed by atoms with Crippen LogP contribution in [0.15, 0.2) is 33.9 Å². The van der Waals surface area contributed by atoms with Gasteiger partial charge in [-0.15, -0.1) is 0 Å². The maximum absolute atomic E-state index is 12.5. The molecule has 0 atom stereocenters. The molecule has 0 spiro atoms. The zero-order chi connectivity index (χ0) is 21.3. The molecule has 10 heteroatoms. The summed E-state index contributed by atoms with van der Waals surface area (Å²) in [4.78, 5) is 27.9. The van der Waals surface area contributed by atoms with Crippen molar-refractivity contribution in [2.24, 2.45) is 0 Å². The normalized spacial score (nSPS) is 19.3. The van der Waals surface area contributed by atoms with Gasteiger partial charge in [0, 0.05) is 51.4 Å². The molecule has 1 amide bonds. The lowest BCUT2D eigenvalue weighted by molar-refractivity contribution is 0.0679. The number of carbonyl (C=O) groups is 1. The van der Waals surface area contributed by atoms with Crippen molar-refractivity contribution in [1.82, 2.24) is 19.8 Å². The number of nitrogens with zero attached hydrogens (tertiary/aromatic N) is 5. The molecule has 0 N–H and O–H groups in total. The van der Waals surface area contributed by atoms with Crippen LogP contribution in [0.5, 0.6) is 0 Å². The number of anilines is 1. The highest BCUT2D eigenvalue weighted by molar-refractivity contribution is 7.90. The van der Waals surface area contributed by atoms with Crippen LogP contribution in [0.25, 0.3) is 0 Å². The lowest BCUT2D eigenvalue weighted by Crippen LogP contribution is -2.45. The first-order chi connectivity index (χ1) is 14.3. The molecule has 2 aromatic heterocycles. The zero-order valence-electron chi connectivity index (χ0n) is 17.3. The molecule has 0 aliphatic carbocycles. The van der Waals surface area contributed by atoms with E-state index in [0.717, 1.165) is 26.2 Å². The van der Waals surface area contributed by atoms with E-state index in [9.17, 15) is 13.2 Å². The molecule has 30 heavy (non-hydrogen) atoms. The minimum Gasteiger partial charge on any atom is -0.459 e. The molecule has 0 radical (unpaired) electrons. The quantitative estimate of drug-likeness (QED) is 0.710. The standard InChI is InChI=1S/C20H27N5O4S/c1-23-9-11-25(12-10-23)20-21-14-17(30(2,27)28)18(22-20)15-5-7-24(8-6-15)19(26)16-4-3-13-29-16/h3-4,13-15H,5-12H2,1-2H3. The fourth-order valence-electron chi connectivity index (χ4n) is 4.02. The molecule has 2 aliphatic rings. The van der Waals surface area contributed by atoms with E-state index in [1.165, 1.54) is 18.7 Å². The monoisotopic (exact) mass is 433 g/mol. The largest absolute Gasteiger partial charge is 0.459 e. The minimum absolute atomic E-state index is 0.0374. The first kappa shape index (κ1) is 20.8. The van der Waals surface area contributed by atoms with Crippen LogP contribution < -0.4 is 4.90 Å². The van der Waals surface area contributed by atoms with Gasteiger partial charge in [0.25, 0.3) is 5.91 Å². The molecule has 162 valence electrons. The third-order valence-corrected chi connectivity index (χ3v) is 6.97. The van der Waals surface area contributed by atoms with Crippen LogP contribution in [0.4, 0.5) is 5.95 Å². The Labute approximate surface area is 176 Å². The van der Waals surface area contributed by atoms with Crippen molar-refractivity contribution in [3.05, 3.63) is 36.0 Å². The van der Waals surface area contributed by atoms with Gasteiger partial charge < -0.3 is 19.1 Å². The van der Waals surface area contributed by atoms with Crippen molar-refractivity contribution in [1.29, 1.82) is 0 Å². The third-order valence-electron chi connectivity index (χ3n) is 5.86. The number of carbonyl (C=O) groups excluding carboxylic acids is 1. The summed E-state index contributed by atoms with van der Waals surface area (Å²) in [6.45, 7) is 4.51. The molecule has 0 saturated carbocycles. The van der Waals surface area contributed by atoms with Crippen molar-refractivity contribution >= 4 is 21.7 Å². The number of rotatable bonds is 4. The van der Waals surface area contributed by atoms with Gasteiger partial charge in [-0.2, -0.15) is 0 Å². The van der Waals surface area contributed by atoms with E-state index >= 15 is 0 Å². The maximum atomic E-state index is 12.5. The molecule has 4 heterocycles. The summed E-state index contributed by atoms with van der Waals surface area (Å²) in [7, 11) is -1.37. The van der Waals surface area contributed by atoms with Crippen LogP contribution in [-0.2, 0) is 9.84 Å². The fraction of sp³-hybridized carbons (Fsp3) is 0.550. The van der Waals surface area contributed by atoms with Gasteiger partial charge in [-0.1, -0.05) is 0 Å². The summed E-state index contributed by atoms with van der Waals surface area (Å²) in [5.74, 6) is 0.733. The number of hydrogen-bond acceptors (Lipinski definition) is 8. The van der Waals surface area contributed by atoms with E-state index in [0.29, 0.717) is 43.3 Å². The van der Waals surface area contributed by atoms with Crippen LogP contribution in [0, 0.1) is 0 Å². The van der Waals surface area contributed by atoms with Crippen LogP contribution in [0.3, 0.4) is 0 Å². The number of aromatic nitrogens is 2. The second-order valence-electron chi connectivity index (χ2n) is 8.03. The maximum Gasteiger partial charge on any atom is 0.289 e. The SMILES string of the molecule is CN1CCN(c2ncc(S(C)(=O)=O)c(C3CCN(C(=O)c4ccco4)CC3)n2)CC1. The van der Waals surface area contributed by atoms with E-state index in [1.54, 1.807) is 17.0 Å². The molecular formula is C20H27N5O4S. The Morgan fingerprint density at radius 2 is 1.83 bits per heavy atom. The first-order valence-corrected chi connectivity index (χ1v) is 12.1. The van der Waals surface area contributed by atoms with Crippen LogP contribution in [0.1, 0.15) is 35.0 Å². The zero-order valence-corrected chi connectivity index (χ0v) is 18.1. The summed E-state index contributed by atoms with van der Waals surface area (Å²) in [5, 5.41) is 0. The molecule has 2 saturated heterocycles. The van der Waals surface area contributed by atoms with Gasteiger partial charge in [0.15, 0.2) is 15.6 Å². The van der Waals surface area contributed by atoms with Gasteiger partial charge in [-0.05, 0) is 32.0 Å². The van der Waals surface area contributed by atoms with Crippen LogP contribution in [-0.4, -0.2) is 86.7 Å². The molecule has 2 aromatic rings. The summed E-state index contributed by atoms with van der Waals surface area (Å²) in [6, 6.07) is 3.35. The topological polar surface area (TPSA) is 99.8 Å². The number of amides is 1. The summed E-state index contributed by atoms with van der Waals surface area (Å²) >= 11 is 0. The lowest BCUT2D eigenvalue weighted by Gasteiger charge is -2.34. The average Bonchev–Trinajstić information content (AvgIpc) is 3.28. The molecule has 9 nitrogen and oxygen atoms in total. The Morgan fingerprint density at radius 1 is 1.13 bits per heavy atom. The number of likely N-dealkylation sites (tertiary alicyclic amines) is 1. The smallest absolute Gasteiger partial charge is 0.289 e. The highest BCUT2D eigenvalue weighted by Crippen LogP contribution is 2.32. The molecule has 0 bridgehead atoms. The predicted molar refractivity (Wildman–Crippen MR) is 111 cm³/mol. The second-order valence-corrected chi connectivity index (χ2v) is 10.0. The summed E-state index contributed by atoms with van der Waals surface area (Å²) in [5.41, 5.74) is 0.575. The highest BCUT2D eigenvalue weighted by atomic mass is 32.2. The number of sulfone groups is 1. The van der Waals surface area contributed by atoms with Crippen molar-refractivity contribution in [3.8, 4) is 0 Å². The Morgan fingerprint density at radius 3 is 2.43 bits per heavy atom. The summed E-state index contributed by atoms with van der Waals surface area (Å²) < 4.78 is 30.0. The van der Waals surface area contributed by atoms with Crippen molar-refractivity contribution in [3.63, 3.8) is 0 Å². The first-order valence-electron chi connectivity index (χ1n) is 10.2. The Hall–Kier alpha value is -2.46. The van der Waals surface area contributed by atoms with Gasteiger partial charge >= 0.3 is 0 Å². The van der Waals surface area contributed by atoms with E-state index in [4.69, 9.17) is 9.40 Å². The van der Waals surface area contributed by atoms with Crippen LogP contribution >= 0.6 is 0 Å². The number of piperazine rings is 1. The minimum atomic E-state index is -3.45. The molecular weight excluding hydrogens is 406 g/mol. The Bertz CT molecular complexity index is 992. The molecule has 4 rings (SSSR count). The predicted octanol–water partition coefficient (Wildman–Crippen LogP) is 1.24. The number of furan rings is 1. The molecule has 0 aromatic carbocycles. The third kappa shape index (κ3) is 4.34. The lowest BCUT2D eigenvalue weighted by atomic mass is 9.93. The van der Waals surface area contributed by atoms with E-state index in [1.807, 2.05) is 0 Å². The Kier molecular flexibility index (Phi) is 5.79. The van der Waals surface area contributed by atoms with Crippen molar-refractivity contribution < 1.29 is 17.6 Å². The molecule has 2 fully saturated rings. The molecule has 0 unspecified atom stereocenters. The van der Waals surface area contributed by atoms with E-state index in [-0.39, 0.29) is 16.7 Å². The van der Waals surface area contributed by atoms with Gasteiger partial charge in [-0.3, -0.25) is 4.79 Å². The van der Waals surface area contributed by atoms with Gasteiger partial charge in [0.05, 0.1) is 18.2 Å².